The van der Waals surface area contributed by atoms with Crippen molar-refractivity contribution in [3.8, 4) is 5.75 Å². The lowest BCUT2D eigenvalue weighted by atomic mass is 10.1. The van der Waals surface area contributed by atoms with E-state index in [-0.39, 0.29) is 17.3 Å². The van der Waals surface area contributed by atoms with Gasteiger partial charge in [-0.25, -0.2) is 4.39 Å². The highest BCUT2D eigenvalue weighted by atomic mass is 19.1. The molecule has 0 N–H and O–H groups in total. The Labute approximate surface area is 163 Å². The first-order chi connectivity index (χ1) is 13.6. The van der Waals surface area contributed by atoms with Crippen molar-refractivity contribution < 1.29 is 18.3 Å². The predicted octanol–water partition coefficient (Wildman–Crippen LogP) is 3.85. The molecule has 1 amide bonds. The highest BCUT2D eigenvalue weighted by Gasteiger charge is 2.27. The summed E-state index contributed by atoms with van der Waals surface area (Å²) in [6.07, 6.45) is 0. The molecular formula is C22H23FN2O3. The summed E-state index contributed by atoms with van der Waals surface area (Å²) in [4.78, 5) is 17.0. The van der Waals surface area contributed by atoms with Crippen LogP contribution in [0.4, 0.5) is 4.39 Å². The van der Waals surface area contributed by atoms with Gasteiger partial charge in [-0.2, -0.15) is 0 Å². The molecule has 1 saturated heterocycles. The minimum absolute atomic E-state index is 0.154. The molecule has 0 radical (unpaired) electrons. The van der Waals surface area contributed by atoms with Gasteiger partial charge in [-0.3, -0.25) is 9.69 Å². The topological polar surface area (TPSA) is 45.9 Å². The van der Waals surface area contributed by atoms with Gasteiger partial charge in [-0.1, -0.05) is 24.3 Å². The summed E-state index contributed by atoms with van der Waals surface area (Å²) in [5.74, 6) is 0.474. The van der Waals surface area contributed by atoms with Gasteiger partial charge in [-0.15, -0.1) is 0 Å². The molecule has 1 aliphatic rings. The van der Waals surface area contributed by atoms with E-state index >= 15 is 0 Å². The van der Waals surface area contributed by atoms with Crippen molar-refractivity contribution in [2.45, 2.75) is 13.5 Å². The van der Waals surface area contributed by atoms with Gasteiger partial charge in [0, 0.05) is 43.7 Å². The van der Waals surface area contributed by atoms with Crippen LogP contribution in [0.3, 0.4) is 0 Å². The van der Waals surface area contributed by atoms with Crippen LogP contribution in [0.15, 0.2) is 46.9 Å². The maximum absolute atomic E-state index is 14.0. The summed E-state index contributed by atoms with van der Waals surface area (Å²) in [7, 11) is 1.66. The Hall–Kier alpha value is -2.86. The Morgan fingerprint density at radius 1 is 1.11 bits per heavy atom. The standard InChI is InChI=1S/C22H23FN2O3/c1-15-18-4-3-5-19(23)21(18)28-20(15)22(26)25-12-10-24(11-13-25)14-16-6-8-17(27-2)9-7-16/h3-9H,10-14H2,1-2H3. The first kappa shape index (κ1) is 18.5. The van der Waals surface area contributed by atoms with Gasteiger partial charge in [0.25, 0.3) is 5.91 Å². The Kier molecular flexibility index (Phi) is 5.05. The van der Waals surface area contributed by atoms with Gasteiger partial charge in [0.05, 0.1) is 7.11 Å². The number of carbonyl (C=O) groups excluding carboxylic acids is 1. The fourth-order valence-corrected chi connectivity index (χ4v) is 3.65. The fraction of sp³-hybridized carbons (Fsp3) is 0.318. The quantitative estimate of drug-likeness (QED) is 0.688. The normalized spacial score (nSPS) is 15.2. The number of para-hydroxylation sites is 1. The number of hydrogen-bond donors (Lipinski definition) is 0. The lowest BCUT2D eigenvalue weighted by Gasteiger charge is -2.34. The lowest BCUT2D eigenvalue weighted by Crippen LogP contribution is -2.48. The van der Waals surface area contributed by atoms with Gasteiger partial charge in [-0.05, 0) is 30.7 Å². The van der Waals surface area contributed by atoms with Crippen LogP contribution < -0.4 is 4.74 Å². The molecule has 1 aliphatic heterocycles. The molecule has 3 aromatic rings. The van der Waals surface area contributed by atoms with Gasteiger partial charge in [0.15, 0.2) is 17.2 Å². The van der Waals surface area contributed by atoms with Crippen molar-refractivity contribution in [1.29, 1.82) is 0 Å². The van der Waals surface area contributed by atoms with Crippen LogP contribution in [0.2, 0.25) is 0 Å². The Bertz CT molecular complexity index is 989. The molecule has 0 saturated carbocycles. The van der Waals surface area contributed by atoms with E-state index in [4.69, 9.17) is 9.15 Å². The third-order valence-corrected chi connectivity index (χ3v) is 5.33. The number of carbonyl (C=O) groups is 1. The van der Waals surface area contributed by atoms with E-state index in [9.17, 15) is 9.18 Å². The molecule has 1 fully saturated rings. The number of halogens is 1. The van der Waals surface area contributed by atoms with Crippen molar-refractivity contribution in [3.05, 3.63) is 65.2 Å². The first-order valence-corrected chi connectivity index (χ1v) is 9.39. The second kappa shape index (κ2) is 7.64. The van der Waals surface area contributed by atoms with Crippen molar-refractivity contribution in [2.24, 2.45) is 0 Å². The molecule has 0 aliphatic carbocycles. The molecule has 4 rings (SSSR count). The molecule has 2 aromatic carbocycles. The monoisotopic (exact) mass is 382 g/mol. The number of methoxy groups -OCH3 is 1. The SMILES string of the molecule is COc1ccc(CN2CCN(C(=O)c3oc4c(F)cccc4c3C)CC2)cc1. The van der Waals surface area contributed by atoms with Gasteiger partial charge < -0.3 is 14.1 Å². The number of benzene rings is 2. The van der Waals surface area contributed by atoms with Crippen LogP contribution in [0.25, 0.3) is 11.0 Å². The third-order valence-electron chi connectivity index (χ3n) is 5.33. The number of ether oxygens (including phenoxy) is 1. The molecule has 0 atom stereocenters. The molecule has 28 heavy (non-hydrogen) atoms. The van der Waals surface area contributed by atoms with Crippen LogP contribution >= 0.6 is 0 Å². The van der Waals surface area contributed by atoms with Gasteiger partial charge in [0.2, 0.25) is 0 Å². The molecule has 1 aromatic heterocycles. The minimum Gasteiger partial charge on any atom is -0.497 e. The number of amides is 1. The molecule has 0 bridgehead atoms. The molecule has 146 valence electrons. The Morgan fingerprint density at radius 2 is 1.82 bits per heavy atom. The second-order valence-electron chi connectivity index (χ2n) is 7.09. The summed E-state index contributed by atoms with van der Waals surface area (Å²) in [5.41, 5.74) is 2.06. The second-order valence-corrected chi connectivity index (χ2v) is 7.09. The van der Waals surface area contributed by atoms with E-state index in [1.807, 2.05) is 12.1 Å². The summed E-state index contributed by atoms with van der Waals surface area (Å²) < 4.78 is 24.7. The van der Waals surface area contributed by atoms with Crippen LogP contribution in [0, 0.1) is 12.7 Å². The molecular weight excluding hydrogens is 359 g/mol. The number of nitrogens with zero attached hydrogens (tertiary/aromatic N) is 2. The summed E-state index contributed by atoms with van der Waals surface area (Å²) in [6, 6.07) is 12.8. The Balaban J connectivity index is 1.41. The van der Waals surface area contributed by atoms with Crippen molar-refractivity contribution in [3.63, 3.8) is 0 Å². The van der Waals surface area contributed by atoms with Crippen molar-refractivity contribution in [2.75, 3.05) is 33.3 Å². The van der Waals surface area contributed by atoms with E-state index in [2.05, 4.69) is 17.0 Å². The largest absolute Gasteiger partial charge is 0.497 e. The highest BCUT2D eigenvalue weighted by molar-refractivity contribution is 5.99. The molecule has 6 heteroatoms. The number of rotatable bonds is 4. The summed E-state index contributed by atoms with van der Waals surface area (Å²) in [6.45, 7) is 5.44. The van der Waals surface area contributed by atoms with Gasteiger partial charge in [0.1, 0.15) is 5.75 Å². The first-order valence-electron chi connectivity index (χ1n) is 9.39. The number of hydrogen-bond acceptors (Lipinski definition) is 4. The van der Waals surface area contributed by atoms with Crippen LogP contribution in [0.1, 0.15) is 21.7 Å². The molecule has 2 heterocycles. The van der Waals surface area contributed by atoms with Crippen molar-refractivity contribution in [1.82, 2.24) is 9.80 Å². The average Bonchev–Trinajstić information content (AvgIpc) is 3.07. The smallest absolute Gasteiger partial charge is 0.289 e. The predicted molar refractivity (Wildman–Crippen MR) is 105 cm³/mol. The highest BCUT2D eigenvalue weighted by Crippen LogP contribution is 2.28. The number of furan rings is 1. The number of aryl methyl sites for hydroxylation is 1. The summed E-state index contributed by atoms with van der Waals surface area (Å²) in [5, 5.41) is 0.654. The zero-order valence-corrected chi connectivity index (χ0v) is 16.1. The molecule has 0 spiro atoms. The van der Waals surface area contributed by atoms with E-state index in [0.717, 1.165) is 25.4 Å². The van der Waals surface area contributed by atoms with Crippen LogP contribution in [-0.4, -0.2) is 49.0 Å². The van der Waals surface area contributed by atoms with Crippen molar-refractivity contribution >= 4 is 16.9 Å². The number of fused-ring (bicyclic) bond motifs is 1. The van der Waals surface area contributed by atoms with Crippen LogP contribution in [0.5, 0.6) is 5.75 Å². The fourth-order valence-electron chi connectivity index (χ4n) is 3.65. The molecule has 0 unspecified atom stereocenters. The molecule has 5 nitrogen and oxygen atoms in total. The maximum atomic E-state index is 14.0. The van der Waals surface area contributed by atoms with Crippen LogP contribution in [-0.2, 0) is 6.54 Å². The van der Waals surface area contributed by atoms with E-state index in [0.29, 0.717) is 24.0 Å². The van der Waals surface area contributed by atoms with E-state index in [1.54, 1.807) is 31.1 Å². The zero-order valence-electron chi connectivity index (χ0n) is 16.1. The lowest BCUT2D eigenvalue weighted by molar-refractivity contribution is 0.0599. The van der Waals surface area contributed by atoms with E-state index < -0.39 is 5.82 Å². The third kappa shape index (κ3) is 3.47. The van der Waals surface area contributed by atoms with Gasteiger partial charge >= 0.3 is 0 Å². The zero-order chi connectivity index (χ0) is 19.7. The average molecular weight is 382 g/mol. The Morgan fingerprint density at radius 3 is 2.46 bits per heavy atom. The maximum Gasteiger partial charge on any atom is 0.289 e. The summed E-state index contributed by atoms with van der Waals surface area (Å²) >= 11 is 0. The minimum atomic E-state index is -0.441. The number of piperazine rings is 1. The van der Waals surface area contributed by atoms with E-state index in [1.165, 1.54) is 11.6 Å².